The van der Waals surface area contributed by atoms with Gasteiger partial charge in [-0.25, -0.2) is 9.36 Å². The number of aromatic nitrogens is 4. The standard InChI is InChI=1S/C20H20Cl2N2O3.C20H22N2O3.Cl2O2S/c1-25-15-10-16(26-2)20(22)18(19(15)21)12-6-7-13-11-23-24(14(13)9-12)17-5-3-4-8-27-17;1-23-17-9-16(10-18(12-17)24-2)14-6-7-15-13-21-22(19(15)11-14)20-5-3-4-8-25-20;1-5(2,3)4/h6-7,9-11,17H,3-5,8H2,1-2H3;6-7,9-13,20H,3-5,8H2,1-2H3;. The van der Waals surface area contributed by atoms with E-state index in [0.29, 0.717) is 27.1 Å². The van der Waals surface area contributed by atoms with Crippen LogP contribution < -0.4 is 18.9 Å². The maximum atomic E-state index is 9.16. The zero-order valence-electron chi connectivity index (χ0n) is 31.7. The van der Waals surface area contributed by atoms with E-state index in [1.807, 2.05) is 58.2 Å². The molecule has 4 heterocycles. The highest BCUT2D eigenvalue weighted by atomic mass is 36.0. The summed E-state index contributed by atoms with van der Waals surface area (Å²) in [6.07, 6.45) is 10.2. The molecular weight excluding hydrogens is 838 g/mol. The first-order valence-electron chi connectivity index (χ1n) is 18.1. The number of ether oxygens (including phenoxy) is 6. The molecule has 12 nitrogen and oxygen atoms in total. The van der Waals surface area contributed by atoms with Gasteiger partial charge in [0.05, 0.1) is 61.9 Å². The van der Waals surface area contributed by atoms with Crippen molar-refractivity contribution in [2.45, 2.75) is 51.0 Å². The van der Waals surface area contributed by atoms with Crippen molar-refractivity contribution in [1.82, 2.24) is 19.6 Å². The summed E-state index contributed by atoms with van der Waals surface area (Å²) in [7, 11) is 11.3. The molecule has 6 aromatic rings. The third-order valence-electron chi connectivity index (χ3n) is 9.60. The van der Waals surface area contributed by atoms with Gasteiger partial charge in [0.2, 0.25) is 0 Å². The van der Waals surface area contributed by atoms with Crippen molar-refractivity contribution in [3.63, 3.8) is 0 Å². The lowest BCUT2D eigenvalue weighted by atomic mass is 10.0. The quantitative estimate of drug-likeness (QED) is 0.136. The zero-order valence-corrected chi connectivity index (χ0v) is 35.6. The van der Waals surface area contributed by atoms with Crippen LogP contribution in [0, 0.1) is 0 Å². The molecule has 8 rings (SSSR count). The first kappa shape index (κ1) is 42.7. The van der Waals surface area contributed by atoms with Gasteiger partial charge in [-0.15, -0.1) is 0 Å². The van der Waals surface area contributed by atoms with Gasteiger partial charge in [-0.2, -0.15) is 18.6 Å². The molecule has 0 saturated carbocycles. The molecule has 2 saturated heterocycles. The fourth-order valence-corrected chi connectivity index (χ4v) is 7.54. The van der Waals surface area contributed by atoms with Gasteiger partial charge in [-0.1, -0.05) is 47.5 Å². The molecular formula is C40H42Cl4N4O8S. The lowest BCUT2D eigenvalue weighted by Crippen LogP contribution is -2.18. The summed E-state index contributed by atoms with van der Waals surface area (Å²) in [6, 6.07) is 20.0. The summed E-state index contributed by atoms with van der Waals surface area (Å²) >= 11 is 13.2. The lowest BCUT2D eigenvalue weighted by molar-refractivity contribution is -0.0367. The van der Waals surface area contributed by atoms with Gasteiger partial charge in [-0.3, -0.25) is 0 Å². The number of halogens is 4. The van der Waals surface area contributed by atoms with Gasteiger partial charge in [0, 0.05) is 63.0 Å². The molecule has 0 amide bonds. The Morgan fingerprint density at radius 1 is 0.614 bits per heavy atom. The molecule has 2 aliphatic rings. The Morgan fingerprint density at radius 2 is 1.07 bits per heavy atom. The number of fused-ring (bicyclic) bond motifs is 2. The SMILES string of the molecule is COc1cc(OC)c(Cl)c(-c2ccc3cnn(C4CCCCO4)c3c2)c1Cl.COc1cc(OC)cc(-c2ccc3cnn(C4CCCCO4)c3c2)c1.O=S(=O)(Cl)Cl. The molecule has 0 N–H and O–H groups in total. The molecule has 17 heteroatoms. The minimum absolute atomic E-state index is 0.0290. The average Bonchev–Trinajstić information content (AvgIpc) is 3.85. The van der Waals surface area contributed by atoms with Crippen LogP contribution in [0.4, 0.5) is 0 Å². The maximum absolute atomic E-state index is 9.16. The normalized spacial score (nSPS) is 16.9. The average molecular weight is 881 g/mol. The van der Waals surface area contributed by atoms with E-state index in [2.05, 4.69) is 49.8 Å². The molecule has 2 aliphatic heterocycles. The molecule has 2 unspecified atom stereocenters. The minimum Gasteiger partial charge on any atom is -0.497 e. The Morgan fingerprint density at radius 3 is 1.49 bits per heavy atom. The topological polar surface area (TPSA) is 125 Å². The highest BCUT2D eigenvalue weighted by Crippen LogP contribution is 2.46. The van der Waals surface area contributed by atoms with Crippen molar-refractivity contribution in [1.29, 1.82) is 0 Å². The molecule has 2 atom stereocenters. The molecule has 2 fully saturated rings. The lowest BCUT2D eigenvalue weighted by Gasteiger charge is -2.23. The first-order valence-corrected chi connectivity index (χ1v) is 22.0. The van der Waals surface area contributed by atoms with Crippen molar-refractivity contribution in [2.24, 2.45) is 0 Å². The first-order chi connectivity index (χ1) is 27.4. The van der Waals surface area contributed by atoms with Crippen LogP contribution in [0.3, 0.4) is 0 Å². The van der Waals surface area contributed by atoms with E-state index < -0.39 is 8.26 Å². The molecule has 4 aromatic carbocycles. The molecule has 0 spiro atoms. The summed E-state index contributed by atoms with van der Waals surface area (Å²) in [5, 5.41) is 12.2. The number of hydrogen-bond acceptors (Lipinski definition) is 10. The molecule has 0 radical (unpaired) electrons. The molecule has 2 aromatic heterocycles. The number of benzene rings is 4. The smallest absolute Gasteiger partial charge is 0.317 e. The van der Waals surface area contributed by atoms with Crippen molar-refractivity contribution >= 4 is 74.6 Å². The Balaban J connectivity index is 0.000000173. The molecule has 304 valence electrons. The summed E-state index contributed by atoms with van der Waals surface area (Å²) in [5.74, 6) is 2.58. The van der Waals surface area contributed by atoms with Gasteiger partial charge in [0.1, 0.15) is 23.0 Å². The largest absolute Gasteiger partial charge is 0.497 e. The zero-order chi connectivity index (χ0) is 40.7. The van der Waals surface area contributed by atoms with Crippen molar-refractivity contribution in [3.8, 4) is 45.3 Å². The van der Waals surface area contributed by atoms with Crippen LogP contribution in [-0.2, 0) is 17.7 Å². The van der Waals surface area contributed by atoms with Gasteiger partial charge in [0.25, 0.3) is 0 Å². The fraction of sp³-hybridized carbons (Fsp3) is 0.350. The fourth-order valence-electron chi connectivity index (χ4n) is 6.82. The Kier molecular flexibility index (Phi) is 14.4. The monoisotopic (exact) mass is 878 g/mol. The van der Waals surface area contributed by atoms with E-state index >= 15 is 0 Å². The van der Waals surface area contributed by atoms with E-state index in [1.165, 1.54) is 6.42 Å². The third kappa shape index (κ3) is 10.4. The van der Waals surface area contributed by atoms with Crippen LogP contribution >= 0.6 is 44.6 Å². The molecule has 57 heavy (non-hydrogen) atoms. The highest BCUT2D eigenvalue weighted by molar-refractivity contribution is 8.31. The van der Waals surface area contributed by atoms with Crippen LogP contribution in [-0.4, -0.2) is 69.6 Å². The second-order valence-electron chi connectivity index (χ2n) is 13.1. The minimum atomic E-state index is -3.72. The molecule has 0 bridgehead atoms. The Bertz CT molecular complexity index is 2370. The van der Waals surface area contributed by atoms with Gasteiger partial charge in [-0.05, 0) is 79.5 Å². The summed E-state index contributed by atoms with van der Waals surface area (Å²) in [4.78, 5) is 0. The van der Waals surface area contributed by atoms with E-state index in [-0.39, 0.29) is 12.5 Å². The van der Waals surface area contributed by atoms with E-state index in [1.54, 1.807) is 34.5 Å². The summed E-state index contributed by atoms with van der Waals surface area (Å²) in [5.41, 5.74) is 5.76. The predicted molar refractivity (Wildman–Crippen MR) is 225 cm³/mol. The number of rotatable bonds is 8. The second kappa shape index (κ2) is 19.2. The number of methoxy groups -OCH3 is 4. The second-order valence-corrected chi connectivity index (χ2v) is 17.6. The van der Waals surface area contributed by atoms with E-state index in [4.69, 9.17) is 60.0 Å². The summed E-state index contributed by atoms with van der Waals surface area (Å²) in [6.45, 7) is 1.56. The van der Waals surface area contributed by atoms with Gasteiger partial charge < -0.3 is 28.4 Å². The Labute approximate surface area is 350 Å². The molecule has 0 aliphatic carbocycles. The van der Waals surface area contributed by atoms with Crippen LogP contribution in [0.1, 0.15) is 51.0 Å². The van der Waals surface area contributed by atoms with Crippen molar-refractivity contribution in [2.75, 3.05) is 41.7 Å². The van der Waals surface area contributed by atoms with Crippen LogP contribution in [0.15, 0.2) is 73.1 Å². The van der Waals surface area contributed by atoms with E-state index in [9.17, 15) is 0 Å². The number of nitrogens with zero attached hydrogens (tertiary/aromatic N) is 4. The van der Waals surface area contributed by atoms with Crippen LogP contribution in [0.2, 0.25) is 10.0 Å². The van der Waals surface area contributed by atoms with Crippen LogP contribution in [0.5, 0.6) is 23.0 Å². The van der Waals surface area contributed by atoms with Gasteiger partial charge in [0.15, 0.2) is 12.5 Å². The third-order valence-corrected chi connectivity index (χ3v) is 10.4. The maximum Gasteiger partial charge on any atom is 0.317 e. The Hall–Kier alpha value is -3.95. The van der Waals surface area contributed by atoms with Crippen LogP contribution in [0.25, 0.3) is 44.1 Å². The highest BCUT2D eigenvalue weighted by Gasteiger charge is 2.23. The van der Waals surface area contributed by atoms with Crippen molar-refractivity contribution in [3.05, 3.63) is 83.1 Å². The van der Waals surface area contributed by atoms with Gasteiger partial charge >= 0.3 is 8.26 Å². The predicted octanol–water partition coefficient (Wildman–Crippen LogP) is 10.9. The summed E-state index contributed by atoms with van der Waals surface area (Å²) < 4.78 is 55.7. The number of hydrogen-bond donors (Lipinski definition) is 0. The van der Waals surface area contributed by atoms with E-state index in [0.717, 1.165) is 95.3 Å². The van der Waals surface area contributed by atoms with Crippen molar-refractivity contribution < 1.29 is 36.8 Å².